The van der Waals surface area contributed by atoms with Crippen LogP contribution in [0.2, 0.25) is 0 Å². The highest BCUT2D eigenvalue weighted by molar-refractivity contribution is 5.92. The molecule has 140 valence electrons. The Kier molecular flexibility index (Phi) is 5.61. The molecule has 0 aliphatic carbocycles. The van der Waals surface area contributed by atoms with E-state index in [4.69, 9.17) is 9.47 Å². The number of para-hydroxylation sites is 1. The molecule has 26 heavy (non-hydrogen) atoms. The van der Waals surface area contributed by atoms with Crippen LogP contribution in [-0.4, -0.2) is 45.8 Å². The number of benzene rings is 1. The van der Waals surface area contributed by atoms with Gasteiger partial charge < -0.3 is 14.4 Å². The number of H-pyrrole nitrogens is 1. The van der Waals surface area contributed by atoms with E-state index >= 15 is 0 Å². The highest BCUT2D eigenvalue weighted by atomic mass is 16.5. The standard InChI is InChI=1S/C20H27N3O3/c1-4-23(16-10-11-26-20(2,3)13-16)19(24)18-12-15(21-22-18)14-25-17-8-6-5-7-9-17/h5-9,12,16H,4,10-11,13-14H2,1-3H3,(H,21,22)/t16-/m0/s1. The second-order valence-electron chi connectivity index (χ2n) is 7.23. The number of aromatic nitrogens is 2. The maximum absolute atomic E-state index is 12.9. The Morgan fingerprint density at radius 3 is 2.85 bits per heavy atom. The van der Waals surface area contributed by atoms with Crippen molar-refractivity contribution in [1.82, 2.24) is 15.1 Å². The van der Waals surface area contributed by atoms with Crippen molar-refractivity contribution >= 4 is 5.91 Å². The van der Waals surface area contributed by atoms with Crippen molar-refractivity contribution in [3.63, 3.8) is 0 Å². The monoisotopic (exact) mass is 357 g/mol. The van der Waals surface area contributed by atoms with E-state index in [1.54, 1.807) is 6.07 Å². The zero-order chi connectivity index (χ0) is 18.6. The quantitative estimate of drug-likeness (QED) is 0.860. The van der Waals surface area contributed by atoms with E-state index in [1.165, 1.54) is 0 Å². The Morgan fingerprint density at radius 1 is 1.38 bits per heavy atom. The minimum absolute atomic E-state index is 0.0441. The SMILES string of the molecule is CCN(C(=O)c1cc(COc2ccccc2)[nH]n1)[C@H]1CCOC(C)(C)C1. The first kappa shape index (κ1) is 18.5. The van der Waals surface area contributed by atoms with E-state index in [2.05, 4.69) is 24.0 Å². The van der Waals surface area contributed by atoms with Gasteiger partial charge in [-0.2, -0.15) is 5.10 Å². The van der Waals surface area contributed by atoms with Crippen LogP contribution in [0.3, 0.4) is 0 Å². The van der Waals surface area contributed by atoms with E-state index in [-0.39, 0.29) is 17.6 Å². The van der Waals surface area contributed by atoms with Crippen LogP contribution in [0.25, 0.3) is 0 Å². The lowest BCUT2D eigenvalue weighted by atomic mass is 9.92. The third-order valence-corrected chi connectivity index (χ3v) is 4.70. The average Bonchev–Trinajstić information content (AvgIpc) is 3.10. The van der Waals surface area contributed by atoms with Crippen LogP contribution in [0.4, 0.5) is 0 Å². The molecule has 6 nitrogen and oxygen atoms in total. The summed E-state index contributed by atoms with van der Waals surface area (Å²) >= 11 is 0. The fourth-order valence-electron chi connectivity index (χ4n) is 3.40. The summed E-state index contributed by atoms with van der Waals surface area (Å²) in [5.74, 6) is 0.743. The molecular weight excluding hydrogens is 330 g/mol. The highest BCUT2D eigenvalue weighted by Gasteiger charge is 2.34. The van der Waals surface area contributed by atoms with Gasteiger partial charge >= 0.3 is 0 Å². The Bertz CT molecular complexity index is 727. The van der Waals surface area contributed by atoms with Crippen molar-refractivity contribution in [1.29, 1.82) is 0 Å². The maximum Gasteiger partial charge on any atom is 0.274 e. The third kappa shape index (κ3) is 4.43. The number of nitrogens with one attached hydrogen (secondary N) is 1. The summed E-state index contributed by atoms with van der Waals surface area (Å²) in [5.41, 5.74) is 1.01. The largest absolute Gasteiger partial charge is 0.487 e. The zero-order valence-electron chi connectivity index (χ0n) is 15.7. The predicted molar refractivity (Wildman–Crippen MR) is 99.1 cm³/mol. The van der Waals surface area contributed by atoms with E-state index in [0.717, 1.165) is 24.3 Å². The molecule has 1 atom stereocenters. The molecule has 1 aromatic heterocycles. The lowest BCUT2D eigenvalue weighted by Gasteiger charge is -2.40. The Balaban J connectivity index is 1.64. The van der Waals surface area contributed by atoms with Crippen LogP contribution in [0.5, 0.6) is 5.75 Å². The van der Waals surface area contributed by atoms with Crippen molar-refractivity contribution in [3.8, 4) is 5.75 Å². The summed E-state index contributed by atoms with van der Waals surface area (Å²) in [6.07, 6.45) is 1.69. The average molecular weight is 357 g/mol. The van der Waals surface area contributed by atoms with Crippen LogP contribution in [0.1, 0.15) is 49.8 Å². The van der Waals surface area contributed by atoms with E-state index < -0.39 is 0 Å². The first-order valence-corrected chi connectivity index (χ1v) is 9.15. The molecule has 2 aromatic rings. The van der Waals surface area contributed by atoms with Gasteiger partial charge in [0.1, 0.15) is 12.4 Å². The van der Waals surface area contributed by atoms with Crippen LogP contribution in [0.15, 0.2) is 36.4 Å². The minimum Gasteiger partial charge on any atom is -0.487 e. The number of amides is 1. The molecule has 1 aliphatic heterocycles. The fraction of sp³-hybridized carbons (Fsp3) is 0.500. The molecule has 1 saturated heterocycles. The van der Waals surface area contributed by atoms with Crippen molar-refractivity contribution < 1.29 is 14.3 Å². The van der Waals surface area contributed by atoms with Crippen molar-refractivity contribution in [2.45, 2.75) is 51.9 Å². The molecule has 1 aromatic carbocycles. The predicted octanol–water partition coefficient (Wildman–Crippen LogP) is 3.41. The van der Waals surface area contributed by atoms with Gasteiger partial charge in [-0.3, -0.25) is 9.89 Å². The Labute approximate surface area is 154 Å². The van der Waals surface area contributed by atoms with Gasteiger partial charge in [-0.25, -0.2) is 0 Å². The first-order valence-electron chi connectivity index (χ1n) is 9.15. The van der Waals surface area contributed by atoms with E-state index in [1.807, 2.05) is 42.2 Å². The molecule has 1 fully saturated rings. The van der Waals surface area contributed by atoms with Crippen molar-refractivity contribution in [2.75, 3.05) is 13.2 Å². The van der Waals surface area contributed by atoms with Crippen molar-refractivity contribution in [3.05, 3.63) is 47.8 Å². The molecule has 3 rings (SSSR count). The molecule has 0 unspecified atom stereocenters. The summed E-state index contributed by atoms with van der Waals surface area (Å²) in [4.78, 5) is 14.8. The zero-order valence-corrected chi connectivity index (χ0v) is 15.7. The van der Waals surface area contributed by atoms with Gasteiger partial charge in [0.2, 0.25) is 0 Å². The molecule has 0 bridgehead atoms. The molecule has 0 saturated carbocycles. The Hall–Kier alpha value is -2.34. The molecule has 0 spiro atoms. The molecule has 2 heterocycles. The summed E-state index contributed by atoms with van der Waals surface area (Å²) in [6.45, 7) is 7.84. The number of aromatic amines is 1. The van der Waals surface area contributed by atoms with Crippen LogP contribution in [-0.2, 0) is 11.3 Å². The molecule has 0 radical (unpaired) electrons. The molecule has 1 aliphatic rings. The number of nitrogens with zero attached hydrogens (tertiary/aromatic N) is 2. The lowest BCUT2D eigenvalue weighted by molar-refractivity contribution is -0.0777. The second-order valence-corrected chi connectivity index (χ2v) is 7.23. The number of hydrogen-bond donors (Lipinski definition) is 1. The number of ether oxygens (including phenoxy) is 2. The van der Waals surface area contributed by atoms with E-state index in [9.17, 15) is 4.79 Å². The van der Waals surface area contributed by atoms with Gasteiger partial charge in [0.25, 0.3) is 5.91 Å². The normalized spacial score (nSPS) is 19.1. The second kappa shape index (κ2) is 7.91. The summed E-state index contributed by atoms with van der Waals surface area (Å²) in [7, 11) is 0. The first-order chi connectivity index (χ1) is 12.5. The van der Waals surface area contributed by atoms with Crippen molar-refractivity contribution in [2.24, 2.45) is 0 Å². The molecular formula is C20H27N3O3. The van der Waals surface area contributed by atoms with Gasteiger partial charge in [0.05, 0.1) is 11.3 Å². The third-order valence-electron chi connectivity index (χ3n) is 4.70. The number of rotatable bonds is 6. The van der Waals surface area contributed by atoms with E-state index in [0.29, 0.717) is 25.5 Å². The van der Waals surface area contributed by atoms with Crippen LogP contribution in [0, 0.1) is 0 Å². The summed E-state index contributed by atoms with van der Waals surface area (Å²) in [5, 5.41) is 7.11. The number of carbonyl (C=O) groups excluding carboxylic acids is 1. The molecule has 1 N–H and O–H groups in total. The van der Waals surface area contributed by atoms with Gasteiger partial charge in [-0.05, 0) is 51.8 Å². The van der Waals surface area contributed by atoms with Crippen LogP contribution >= 0.6 is 0 Å². The minimum atomic E-state index is -0.198. The smallest absolute Gasteiger partial charge is 0.274 e. The van der Waals surface area contributed by atoms with Gasteiger partial charge in [-0.1, -0.05) is 18.2 Å². The summed E-state index contributed by atoms with van der Waals surface area (Å²) < 4.78 is 11.5. The Morgan fingerprint density at radius 2 is 2.15 bits per heavy atom. The lowest BCUT2D eigenvalue weighted by Crippen LogP contribution is -2.48. The fourth-order valence-corrected chi connectivity index (χ4v) is 3.40. The van der Waals surface area contributed by atoms with Gasteiger partial charge in [-0.15, -0.1) is 0 Å². The van der Waals surface area contributed by atoms with Crippen LogP contribution < -0.4 is 4.74 Å². The summed E-state index contributed by atoms with van der Waals surface area (Å²) in [6, 6.07) is 11.5. The van der Waals surface area contributed by atoms with Gasteiger partial charge in [0, 0.05) is 19.2 Å². The number of hydrogen-bond acceptors (Lipinski definition) is 4. The molecule has 6 heteroatoms. The topological polar surface area (TPSA) is 67.5 Å². The number of carbonyl (C=O) groups is 1. The van der Waals surface area contributed by atoms with Gasteiger partial charge in [0.15, 0.2) is 5.69 Å². The highest BCUT2D eigenvalue weighted by Crippen LogP contribution is 2.28. The maximum atomic E-state index is 12.9. The molecule has 1 amide bonds.